The fraction of sp³-hybridized carbons (Fsp3) is 0.333. The zero-order valence-corrected chi connectivity index (χ0v) is 15.2. The summed E-state index contributed by atoms with van der Waals surface area (Å²) in [6.07, 6.45) is -0.406. The molecule has 0 aliphatic heterocycles. The smallest absolute Gasteiger partial charge is 0.166 e. The molecule has 0 aliphatic rings. The first-order chi connectivity index (χ1) is 11.5. The summed E-state index contributed by atoms with van der Waals surface area (Å²) in [5, 5.41) is 13.6. The zero-order chi connectivity index (χ0) is 17.5. The van der Waals surface area contributed by atoms with Crippen LogP contribution in [0.2, 0.25) is 10.0 Å². The zero-order valence-electron chi connectivity index (χ0n) is 13.7. The molecule has 0 unspecified atom stereocenters. The van der Waals surface area contributed by atoms with Crippen molar-refractivity contribution < 1.29 is 14.6 Å². The van der Waals surface area contributed by atoms with Crippen molar-refractivity contribution in [2.75, 3.05) is 13.7 Å². The molecule has 0 bridgehead atoms. The quantitative estimate of drug-likeness (QED) is 0.736. The van der Waals surface area contributed by atoms with Crippen LogP contribution in [0.25, 0.3) is 0 Å². The van der Waals surface area contributed by atoms with E-state index >= 15 is 0 Å². The lowest BCUT2D eigenvalue weighted by Gasteiger charge is -2.16. The van der Waals surface area contributed by atoms with Crippen LogP contribution in [0.1, 0.15) is 18.1 Å². The van der Waals surface area contributed by atoms with Gasteiger partial charge >= 0.3 is 0 Å². The SMILES string of the molecule is COc1cccc(CNC[C@H](C)O)c1OCc1ccc(Cl)c(Cl)c1. The number of hydrogen-bond donors (Lipinski definition) is 2. The maximum atomic E-state index is 9.36. The lowest BCUT2D eigenvalue weighted by atomic mass is 10.1. The van der Waals surface area contributed by atoms with E-state index in [9.17, 15) is 5.11 Å². The standard InChI is InChI=1S/C18H21Cl2NO3/c1-12(22)9-21-10-14-4-3-5-17(23-2)18(14)24-11-13-6-7-15(19)16(20)8-13/h3-8,12,21-22H,9-11H2,1-2H3/t12-/m0/s1. The van der Waals surface area contributed by atoms with Crippen LogP contribution in [0.5, 0.6) is 11.5 Å². The van der Waals surface area contributed by atoms with Crippen LogP contribution in [0.3, 0.4) is 0 Å². The Hall–Kier alpha value is -1.46. The minimum Gasteiger partial charge on any atom is -0.493 e. The molecule has 0 saturated heterocycles. The van der Waals surface area contributed by atoms with Crippen molar-refractivity contribution in [1.29, 1.82) is 0 Å². The number of ether oxygens (including phenoxy) is 2. The van der Waals surface area contributed by atoms with Gasteiger partial charge in [-0.05, 0) is 30.7 Å². The normalized spacial score (nSPS) is 12.0. The van der Waals surface area contributed by atoms with Gasteiger partial charge in [0.15, 0.2) is 11.5 Å². The molecule has 0 aromatic heterocycles. The molecule has 1 atom stereocenters. The summed E-state index contributed by atoms with van der Waals surface area (Å²) in [5.74, 6) is 1.33. The molecule has 0 fully saturated rings. The van der Waals surface area contributed by atoms with Crippen LogP contribution in [0, 0.1) is 0 Å². The summed E-state index contributed by atoms with van der Waals surface area (Å²) >= 11 is 12.0. The highest BCUT2D eigenvalue weighted by atomic mass is 35.5. The van der Waals surface area contributed by atoms with E-state index in [-0.39, 0.29) is 0 Å². The lowest BCUT2D eigenvalue weighted by molar-refractivity contribution is 0.190. The van der Waals surface area contributed by atoms with Crippen LogP contribution in [0.15, 0.2) is 36.4 Å². The van der Waals surface area contributed by atoms with E-state index in [1.807, 2.05) is 24.3 Å². The average molecular weight is 370 g/mol. The number of halogens is 2. The summed E-state index contributed by atoms with van der Waals surface area (Å²) in [6.45, 7) is 3.16. The second kappa shape index (κ2) is 9.14. The predicted molar refractivity (Wildman–Crippen MR) is 97.2 cm³/mol. The Bertz CT molecular complexity index is 677. The van der Waals surface area contributed by atoms with Gasteiger partial charge < -0.3 is 19.9 Å². The fourth-order valence-electron chi connectivity index (χ4n) is 2.23. The van der Waals surface area contributed by atoms with Crippen molar-refractivity contribution >= 4 is 23.2 Å². The highest BCUT2D eigenvalue weighted by Gasteiger charge is 2.11. The van der Waals surface area contributed by atoms with E-state index in [0.717, 1.165) is 11.1 Å². The Morgan fingerprint density at radius 2 is 1.96 bits per heavy atom. The van der Waals surface area contributed by atoms with Gasteiger partial charge in [-0.25, -0.2) is 0 Å². The molecule has 2 N–H and O–H groups in total. The number of methoxy groups -OCH3 is 1. The molecule has 130 valence electrons. The van der Waals surface area contributed by atoms with Crippen molar-refractivity contribution in [3.05, 3.63) is 57.6 Å². The van der Waals surface area contributed by atoms with Crippen LogP contribution < -0.4 is 14.8 Å². The molecule has 6 heteroatoms. The third-order valence-corrected chi connectivity index (χ3v) is 4.14. The van der Waals surface area contributed by atoms with E-state index in [1.54, 1.807) is 26.2 Å². The number of benzene rings is 2. The maximum absolute atomic E-state index is 9.36. The van der Waals surface area contributed by atoms with Crippen molar-refractivity contribution in [3.8, 4) is 11.5 Å². The molecule has 4 nitrogen and oxygen atoms in total. The Kier molecular flexibility index (Phi) is 7.18. The van der Waals surface area contributed by atoms with Gasteiger partial charge in [0.1, 0.15) is 6.61 Å². The van der Waals surface area contributed by atoms with Crippen LogP contribution >= 0.6 is 23.2 Å². The van der Waals surface area contributed by atoms with Crippen molar-refractivity contribution in [1.82, 2.24) is 5.32 Å². The van der Waals surface area contributed by atoms with Crippen LogP contribution in [-0.2, 0) is 13.2 Å². The maximum Gasteiger partial charge on any atom is 0.166 e. The number of rotatable bonds is 8. The number of para-hydroxylation sites is 1. The van der Waals surface area contributed by atoms with Gasteiger partial charge in [0, 0.05) is 18.7 Å². The molecule has 0 spiro atoms. The number of aliphatic hydroxyl groups is 1. The minimum absolute atomic E-state index is 0.348. The van der Waals surface area contributed by atoms with E-state index in [4.69, 9.17) is 32.7 Å². The van der Waals surface area contributed by atoms with Gasteiger partial charge in [0.05, 0.1) is 23.3 Å². The third kappa shape index (κ3) is 5.28. The summed E-state index contributed by atoms with van der Waals surface area (Å²) in [5.41, 5.74) is 1.87. The van der Waals surface area contributed by atoms with Gasteiger partial charge in [-0.15, -0.1) is 0 Å². The first kappa shape index (κ1) is 18.9. The molecule has 24 heavy (non-hydrogen) atoms. The first-order valence-electron chi connectivity index (χ1n) is 7.62. The first-order valence-corrected chi connectivity index (χ1v) is 8.38. The molecule has 2 rings (SSSR count). The molecule has 2 aromatic rings. The summed E-state index contributed by atoms with van der Waals surface area (Å²) < 4.78 is 11.4. The topological polar surface area (TPSA) is 50.7 Å². The van der Waals surface area contributed by atoms with Crippen molar-refractivity contribution in [2.24, 2.45) is 0 Å². The number of aliphatic hydroxyl groups excluding tert-OH is 1. The number of nitrogens with one attached hydrogen (secondary N) is 1. The average Bonchev–Trinajstić information content (AvgIpc) is 2.56. The fourth-order valence-corrected chi connectivity index (χ4v) is 2.55. The van der Waals surface area contributed by atoms with Gasteiger partial charge in [-0.1, -0.05) is 41.4 Å². The minimum atomic E-state index is -0.406. The van der Waals surface area contributed by atoms with E-state index in [0.29, 0.717) is 41.2 Å². The van der Waals surface area contributed by atoms with Gasteiger partial charge in [-0.2, -0.15) is 0 Å². The molecular formula is C18H21Cl2NO3. The molecule has 0 heterocycles. The van der Waals surface area contributed by atoms with Gasteiger partial charge in [0.2, 0.25) is 0 Å². The molecule has 0 saturated carbocycles. The summed E-state index contributed by atoms with van der Waals surface area (Å²) in [4.78, 5) is 0. The second-order valence-electron chi connectivity index (χ2n) is 5.47. The van der Waals surface area contributed by atoms with Crippen LogP contribution in [-0.4, -0.2) is 24.9 Å². The Balaban J connectivity index is 2.12. The number of hydrogen-bond acceptors (Lipinski definition) is 4. The van der Waals surface area contributed by atoms with Gasteiger partial charge in [-0.3, -0.25) is 0 Å². The van der Waals surface area contributed by atoms with Crippen LogP contribution in [0.4, 0.5) is 0 Å². The third-order valence-electron chi connectivity index (χ3n) is 3.40. The molecular weight excluding hydrogens is 349 g/mol. The highest BCUT2D eigenvalue weighted by Crippen LogP contribution is 2.32. The summed E-state index contributed by atoms with van der Waals surface area (Å²) in [7, 11) is 1.61. The lowest BCUT2D eigenvalue weighted by Crippen LogP contribution is -2.24. The monoisotopic (exact) mass is 369 g/mol. The van der Waals surface area contributed by atoms with Crippen molar-refractivity contribution in [2.45, 2.75) is 26.2 Å². The van der Waals surface area contributed by atoms with E-state index < -0.39 is 6.10 Å². The van der Waals surface area contributed by atoms with E-state index in [1.165, 1.54) is 0 Å². The molecule has 2 aromatic carbocycles. The second-order valence-corrected chi connectivity index (χ2v) is 6.28. The molecule has 0 radical (unpaired) electrons. The highest BCUT2D eigenvalue weighted by molar-refractivity contribution is 6.42. The largest absolute Gasteiger partial charge is 0.493 e. The Morgan fingerprint density at radius 1 is 1.17 bits per heavy atom. The molecule has 0 aliphatic carbocycles. The molecule has 0 amide bonds. The predicted octanol–water partition coefficient (Wildman–Crippen LogP) is 4.05. The van der Waals surface area contributed by atoms with Gasteiger partial charge in [0.25, 0.3) is 0 Å². The summed E-state index contributed by atoms with van der Waals surface area (Å²) in [6, 6.07) is 11.1. The Morgan fingerprint density at radius 3 is 2.62 bits per heavy atom. The van der Waals surface area contributed by atoms with Crippen molar-refractivity contribution in [3.63, 3.8) is 0 Å². The Labute approximate surface area is 152 Å². The van der Waals surface area contributed by atoms with E-state index in [2.05, 4.69) is 5.32 Å².